The molecule has 1 N–H and O–H groups in total. The third kappa shape index (κ3) is 4.06. The van der Waals surface area contributed by atoms with Crippen LogP contribution in [-0.4, -0.2) is 27.7 Å². The maximum Gasteiger partial charge on any atom is 0.311 e. The first-order valence-corrected chi connectivity index (χ1v) is 8.20. The van der Waals surface area contributed by atoms with Crippen LogP contribution in [0.25, 0.3) is 0 Å². The molecule has 156 valence electrons. The number of carbonyl (C=O) groups is 1. The number of nitro groups is 1. The molecule has 2 aromatic carbocycles. The van der Waals surface area contributed by atoms with Gasteiger partial charge < -0.3 is 10.1 Å². The lowest BCUT2D eigenvalue weighted by Gasteiger charge is -2.07. The molecule has 8 nitrogen and oxygen atoms in total. The van der Waals surface area contributed by atoms with E-state index in [9.17, 15) is 32.5 Å². The third-order valence-corrected chi connectivity index (χ3v) is 4.04. The van der Waals surface area contributed by atoms with Gasteiger partial charge in [-0.1, -0.05) is 0 Å². The summed E-state index contributed by atoms with van der Waals surface area (Å²) in [5.74, 6) is -7.05. The number of nitrogens with zero attached hydrogens (tertiary/aromatic N) is 3. The Balaban J connectivity index is 1.79. The Kier molecular flexibility index (Phi) is 5.67. The van der Waals surface area contributed by atoms with Gasteiger partial charge in [0.1, 0.15) is 0 Å². The summed E-state index contributed by atoms with van der Waals surface area (Å²) < 4.78 is 60.0. The summed E-state index contributed by atoms with van der Waals surface area (Å²) >= 11 is 0. The second-order valence-electron chi connectivity index (χ2n) is 5.94. The number of hydrogen-bond donors (Lipinski definition) is 1. The summed E-state index contributed by atoms with van der Waals surface area (Å²) in [4.78, 5) is 22.7. The average Bonchev–Trinajstić information content (AvgIpc) is 3.16. The van der Waals surface area contributed by atoms with Crippen molar-refractivity contribution in [2.45, 2.75) is 6.54 Å². The van der Waals surface area contributed by atoms with E-state index in [0.717, 1.165) is 10.7 Å². The summed E-state index contributed by atoms with van der Waals surface area (Å²) in [5.41, 5.74) is -1.37. The minimum absolute atomic E-state index is 0.0350. The summed E-state index contributed by atoms with van der Waals surface area (Å²) in [6.07, 6.45) is 1.22. The molecule has 0 radical (unpaired) electrons. The van der Waals surface area contributed by atoms with Crippen LogP contribution in [0.1, 0.15) is 15.9 Å². The minimum atomic E-state index is -1.56. The van der Waals surface area contributed by atoms with Crippen LogP contribution >= 0.6 is 0 Å². The van der Waals surface area contributed by atoms with Gasteiger partial charge in [0.15, 0.2) is 34.8 Å². The molecule has 0 aliphatic rings. The maximum atomic E-state index is 13.8. The molecule has 0 aliphatic carbocycles. The van der Waals surface area contributed by atoms with Gasteiger partial charge in [-0.3, -0.25) is 19.6 Å². The molecule has 0 aliphatic heterocycles. The fourth-order valence-corrected chi connectivity index (χ4v) is 2.60. The molecule has 0 bridgehead atoms. The van der Waals surface area contributed by atoms with Crippen LogP contribution in [0.15, 0.2) is 36.5 Å². The fraction of sp³-hybridized carbons (Fsp3) is 0.111. The van der Waals surface area contributed by atoms with E-state index >= 15 is 0 Å². The van der Waals surface area contributed by atoms with E-state index in [0.29, 0.717) is 0 Å². The molecule has 1 aromatic heterocycles. The number of halogens is 4. The number of rotatable bonds is 6. The highest BCUT2D eigenvalue weighted by atomic mass is 19.2. The minimum Gasteiger partial charge on any atom is -0.490 e. The van der Waals surface area contributed by atoms with Gasteiger partial charge in [-0.05, 0) is 12.1 Å². The highest BCUT2D eigenvalue weighted by molar-refractivity contribution is 6.04. The molecule has 3 rings (SSSR count). The summed E-state index contributed by atoms with van der Waals surface area (Å²) in [6.45, 7) is -0.643. The van der Waals surface area contributed by atoms with Gasteiger partial charge in [-0.2, -0.15) is 5.10 Å². The Morgan fingerprint density at radius 3 is 2.43 bits per heavy atom. The first kappa shape index (κ1) is 20.8. The zero-order chi connectivity index (χ0) is 22.0. The van der Waals surface area contributed by atoms with Gasteiger partial charge >= 0.3 is 5.69 Å². The van der Waals surface area contributed by atoms with Crippen LogP contribution < -0.4 is 10.1 Å². The van der Waals surface area contributed by atoms with E-state index in [4.69, 9.17) is 4.74 Å². The Morgan fingerprint density at radius 2 is 1.83 bits per heavy atom. The molecule has 12 heteroatoms. The number of nitrogens with one attached hydrogen (secondary N) is 1. The molecular weight excluding hydrogens is 412 g/mol. The largest absolute Gasteiger partial charge is 0.490 e. The quantitative estimate of drug-likeness (QED) is 0.282. The standard InChI is InChI=1S/C18H12F4N4O4/c1-30-14-3-2-9(6-13(14)26(28)29)18(27)23-15-4-5-25(24-15)8-10-16(21)11(19)7-12(20)17(10)22/h2-7H,8H2,1H3,(H,23,24,27). The molecule has 0 saturated heterocycles. The molecule has 1 heterocycles. The Labute approximate surface area is 165 Å². The maximum absolute atomic E-state index is 13.8. The van der Waals surface area contributed by atoms with E-state index in [-0.39, 0.29) is 23.2 Å². The van der Waals surface area contributed by atoms with Crippen molar-refractivity contribution in [3.8, 4) is 5.75 Å². The summed E-state index contributed by atoms with van der Waals surface area (Å²) in [6, 6.07) is 4.90. The van der Waals surface area contributed by atoms with Gasteiger partial charge in [0, 0.05) is 30.0 Å². The number of methoxy groups -OCH3 is 1. The molecule has 0 fully saturated rings. The van der Waals surface area contributed by atoms with Gasteiger partial charge in [0.25, 0.3) is 5.91 Å². The molecule has 0 saturated carbocycles. The predicted molar refractivity (Wildman–Crippen MR) is 95.2 cm³/mol. The number of nitro benzene ring substituents is 1. The van der Waals surface area contributed by atoms with E-state index in [2.05, 4.69) is 10.4 Å². The van der Waals surface area contributed by atoms with Gasteiger partial charge in [0.05, 0.1) is 24.1 Å². The van der Waals surface area contributed by atoms with Crippen molar-refractivity contribution in [3.05, 3.63) is 81.0 Å². The van der Waals surface area contributed by atoms with Gasteiger partial charge in [-0.25, -0.2) is 17.6 Å². The predicted octanol–water partition coefficient (Wildman–Crippen LogP) is 3.66. The van der Waals surface area contributed by atoms with Crippen LogP contribution in [0.5, 0.6) is 5.75 Å². The lowest BCUT2D eigenvalue weighted by molar-refractivity contribution is -0.385. The zero-order valence-corrected chi connectivity index (χ0v) is 15.2. The lowest BCUT2D eigenvalue weighted by atomic mass is 10.1. The Morgan fingerprint density at radius 1 is 1.17 bits per heavy atom. The smallest absolute Gasteiger partial charge is 0.311 e. The molecule has 0 unspecified atom stereocenters. The summed E-state index contributed by atoms with van der Waals surface area (Å²) in [7, 11) is 1.24. The Hall–Kier alpha value is -3.96. The second kappa shape index (κ2) is 8.19. The van der Waals surface area contributed by atoms with Crippen molar-refractivity contribution in [1.29, 1.82) is 0 Å². The molecular formula is C18H12F4N4O4. The average molecular weight is 424 g/mol. The fourth-order valence-electron chi connectivity index (χ4n) is 2.60. The zero-order valence-electron chi connectivity index (χ0n) is 15.2. The molecule has 3 aromatic rings. The molecule has 0 atom stereocenters. The first-order valence-electron chi connectivity index (χ1n) is 8.20. The number of aromatic nitrogens is 2. The van der Waals surface area contributed by atoms with Crippen LogP contribution in [0.4, 0.5) is 29.1 Å². The SMILES string of the molecule is COc1ccc(C(=O)Nc2ccn(Cc3c(F)c(F)cc(F)c3F)n2)cc1[N+](=O)[O-]. The number of benzene rings is 2. The van der Waals surface area contributed by atoms with Crippen LogP contribution in [0.3, 0.4) is 0 Å². The van der Waals surface area contributed by atoms with Crippen molar-refractivity contribution in [2.75, 3.05) is 12.4 Å². The lowest BCUT2D eigenvalue weighted by Crippen LogP contribution is -2.14. The van der Waals surface area contributed by atoms with Gasteiger partial charge in [-0.15, -0.1) is 0 Å². The normalized spacial score (nSPS) is 10.7. The number of hydrogen-bond acceptors (Lipinski definition) is 5. The van der Waals surface area contributed by atoms with E-state index < -0.39 is 51.9 Å². The Bertz CT molecular complexity index is 1120. The molecule has 1 amide bonds. The summed E-state index contributed by atoms with van der Waals surface area (Å²) in [5, 5.41) is 17.3. The molecule has 30 heavy (non-hydrogen) atoms. The van der Waals surface area contributed by atoms with Crippen molar-refractivity contribution >= 4 is 17.4 Å². The monoisotopic (exact) mass is 424 g/mol. The number of amides is 1. The highest BCUT2D eigenvalue weighted by Gasteiger charge is 2.21. The van der Waals surface area contributed by atoms with Crippen LogP contribution in [0, 0.1) is 33.4 Å². The number of anilines is 1. The van der Waals surface area contributed by atoms with Crippen molar-refractivity contribution in [1.82, 2.24) is 9.78 Å². The van der Waals surface area contributed by atoms with Crippen LogP contribution in [0.2, 0.25) is 0 Å². The van der Waals surface area contributed by atoms with Crippen molar-refractivity contribution < 1.29 is 32.0 Å². The highest BCUT2D eigenvalue weighted by Crippen LogP contribution is 2.28. The van der Waals surface area contributed by atoms with E-state index in [1.165, 1.54) is 31.5 Å². The van der Waals surface area contributed by atoms with Crippen molar-refractivity contribution in [3.63, 3.8) is 0 Å². The third-order valence-electron chi connectivity index (χ3n) is 4.04. The van der Waals surface area contributed by atoms with Gasteiger partial charge in [0.2, 0.25) is 0 Å². The number of ether oxygens (including phenoxy) is 1. The van der Waals surface area contributed by atoms with Crippen LogP contribution in [-0.2, 0) is 6.54 Å². The van der Waals surface area contributed by atoms with E-state index in [1.807, 2.05) is 0 Å². The number of carbonyl (C=O) groups excluding carboxylic acids is 1. The first-order chi connectivity index (χ1) is 14.2. The second-order valence-corrected chi connectivity index (χ2v) is 5.94. The molecule has 0 spiro atoms. The van der Waals surface area contributed by atoms with E-state index in [1.54, 1.807) is 0 Å². The van der Waals surface area contributed by atoms with Crippen molar-refractivity contribution in [2.24, 2.45) is 0 Å². The topological polar surface area (TPSA) is 99.3 Å².